The Labute approximate surface area is 212 Å². The molecule has 1 amide bonds. The summed E-state index contributed by atoms with van der Waals surface area (Å²) in [5.41, 5.74) is 1.47. The number of nitrogens with one attached hydrogen (secondary N) is 1. The molecule has 0 atom stereocenters. The third-order valence-corrected chi connectivity index (χ3v) is 10.3. The van der Waals surface area contributed by atoms with Crippen molar-refractivity contribution in [3.63, 3.8) is 0 Å². The normalized spacial score (nSPS) is 13.9. The van der Waals surface area contributed by atoms with Crippen LogP contribution in [0.15, 0.2) is 54.8 Å². The molecule has 0 spiro atoms. The van der Waals surface area contributed by atoms with Gasteiger partial charge in [-0.25, -0.2) is 0 Å². The predicted octanol–water partition coefficient (Wildman–Crippen LogP) is 6.83. The maximum Gasteiger partial charge on any atom is 0.387 e. The van der Waals surface area contributed by atoms with Crippen LogP contribution in [0.3, 0.4) is 0 Å². The van der Waals surface area contributed by atoms with Crippen LogP contribution in [0, 0.1) is 0 Å². The molecule has 0 bridgehead atoms. The summed E-state index contributed by atoms with van der Waals surface area (Å²) in [5.74, 6) is 0.294. The largest absolute Gasteiger partial charge is 0.490 e. The highest BCUT2D eigenvalue weighted by molar-refractivity contribution is 6.72. The van der Waals surface area contributed by atoms with E-state index in [1.54, 1.807) is 12.1 Å². The maximum atomic E-state index is 13.0. The average molecular weight is 520 g/mol. The van der Waals surface area contributed by atoms with Crippen molar-refractivity contribution in [1.29, 1.82) is 0 Å². The number of alkyl halides is 2. The fraction of sp³-hybridized carbons (Fsp3) is 0.444. The van der Waals surface area contributed by atoms with Gasteiger partial charge < -0.3 is 24.3 Å². The molecule has 1 aliphatic rings. The van der Waals surface area contributed by atoms with E-state index in [4.69, 9.17) is 9.47 Å². The van der Waals surface area contributed by atoms with Gasteiger partial charge in [0, 0.05) is 11.8 Å². The molecule has 0 heterocycles. The first kappa shape index (κ1) is 27.7. The molecule has 9 heteroatoms. The minimum Gasteiger partial charge on any atom is -0.490 e. The van der Waals surface area contributed by atoms with Gasteiger partial charge in [0.15, 0.2) is 25.6 Å². The van der Waals surface area contributed by atoms with E-state index in [1.807, 2.05) is 39.1 Å². The zero-order valence-corrected chi connectivity index (χ0v) is 22.3. The highest BCUT2D eigenvalue weighted by Gasteiger charge is 2.37. The smallest absolute Gasteiger partial charge is 0.387 e. The number of hydrogen-bond donors (Lipinski definition) is 2. The van der Waals surface area contributed by atoms with Gasteiger partial charge in [0.25, 0.3) is 5.91 Å². The molecule has 0 saturated heterocycles. The van der Waals surface area contributed by atoms with Crippen LogP contribution in [0.4, 0.5) is 14.5 Å². The fourth-order valence-corrected chi connectivity index (χ4v) is 4.30. The third-order valence-electron chi connectivity index (χ3n) is 6.70. The average Bonchev–Trinajstić information content (AvgIpc) is 3.62. The Morgan fingerprint density at radius 1 is 1.17 bits per heavy atom. The second kappa shape index (κ2) is 11.4. The van der Waals surface area contributed by atoms with E-state index in [0.29, 0.717) is 18.1 Å². The Bertz CT molecular complexity index is 1060. The molecule has 0 aromatic heterocycles. The molecular weight excluding hydrogens is 484 g/mol. The van der Waals surface area contributed by atoms with Crippen LogP contribution in [0.5, 0.6) is 17.2 Å². The van der Waals surface area contributed by atoms with Gasteiger partial charge in [-0.3, -0.25) is 4.79 Å². The van der Waals surface area contributed by atoms with Crippen LogP contribution < -0.4 is 19.5 Å². The van der Waals surface area contributed by atoms with Crippen LogP contribution in [-0.4, -0.2) is 32.2 Å². The van der Waals surface area contributed by atoms with Gasteiger partial charge >= 0.3 is 6.61 Å². The zero-order valence-electron chi connectivity index (χ0n) is 21.3. The second-order valence-electron chi connectivity index (χ2n) is 10.3. The summed E-state index contributed by atoms with van der Waals surface area (Å²) in [6, 6.07) is 11.8. The number of carbonyl (C=O) groups is 1. The zero-order chi connectivity index (χ0) is 26.5. The molecule has 2 aromatic carbocycles. The molecule has 196 valence electrons. The van der Waals surface area contributed by atoms with Crippen LogP contribution in [0.2, 0.25) is 18.1 Å². The molecule has 6 nitrogen and oxygen atoms in total. The van der Waals surface area contributed by atoms with Gasteiger partial charge in [-0.2, -0.15) is 8.78 Å². The summed E-state index contributed by atoms with van der Waals surface area (Å²) in [6.45, 7) is 8.68. The highest BCUT2D eigenvalue weighted by atomic mass is 28.4. The van der Waals surface area contributed by atoms with Crippen molar-refractivity contribution in [3.8, 4) is 17.2 Å². The Morgan fingerprint density at radius 2 is 1.83 bits per heavy atom. The fourth-order valence-electron chi connectivity index (χ4n) is 3.51. The Morgan fingerprint density at radius 3 is 2.42 bits per heavy atom. The van der Waals surface area contributed by atoms with Crippen molar-refractivity contribution >= 4 is 19.9 Å². The number of rotatable bonds is 13. The summed E-state index contributed by atoms with van der Waals surface area (Å²) in [5, 5.41) is 2.37. The van der Waals surface area contributed by atoms with E-state index in [1.165, 1.54) is 36.6 Å². The lowest BCUT2D eigenvalue weighted by molar-refractivity contribution is -0.114. The minimum absolute atomic E-state index is 0.135. The first-order chi connectivity index (χ1) is 16.9. The molecular formula is C27H35F2NO5Si. The first-order valence-corrected chi connectivity index (χ1v) is 15.0. The highest BCUT2D eigenvalue weighted by Crippen LogP contribution is 2.41. The number of anilines is 1. The van der Waals surface area contributed by atoms with E-state index in [0.717, 1.165) is 6.42 Å². The lowest BCUT2D eigenvalue weighted by Gasteiger charge is -2.35. The molecule has 1 aliphatic carbocycles. The second-order valence-corrected chi connectivity index (χ2v) is 14.7. The van der Waals surface area contributed by atoms with Crippen LogP contribution in [-0.2, 0) is 4.79 Å². The van der Waals surface area contributed by atoms with E-state index >= 15 is 0 Å². The molecule has 3 rings (SSSR count). The van der Waals surface area contributed by atoms with Gasteiger partial charge in [0.2, 0.25) is 0 Å². The molecule has 2 aromatic rings. The Kier molecular flexibility index (Phi) is 8.79. The number of benzene rings is 2. The van der Waals surface area contributed by atoms with Crippen molar-refractivity contribution in [1.82, 2.24) is 0 Å². The summed E-state index contributed by atoms with van der Waals surface area (Å²) in [4.78, 5) is 22.9. The monoisotopic (exact) mass is 519 g/mol. The van der Waals surface area contributed by atoms with E-state index < -0.39 is 20.8 Å². The van der Waals surface area contributed by atoms with E-state index in [-0.39, 0.29) is 34.6 Å². The molecule has 0 radical (unpaired) electrons. The Hall–Kier alpha value is -2.91. The number of hydrogen-bond acceptors (Lipinski definition) is 5. The lowest BCUT2D eigenvalue weighted by atomic mass is 10.1. The van der Waals surface area contributed by atoms with E-state index in [2.05, 4.69) is 16.6 Å². The number of amides is 1. The number of halogens is 2. The van der Waals surface area contributed by atoms with Crippen molar-refractivity contribution in [2.24, 2.45) is 0 Å². The molecule has 36 heavy (non-hydrogen) atoms. The van der Waals surface area contributed by atoms with Gasteiger partial charge in [-0.05, 0) is 79.6 Å². The lowest BCUT2D eigenvalue weighted by Crippen LogP contribution is -2.39. The molecule has 0 unspecified atom stereocenters. The molecule has 0 aliphatic heterocycles. The minimum atomic E-state index is -3.06. The van der Waals surface area contributed by atoms with Crippen molar-refractivity contribution < 1.29 is 32.6 Å². The predicted molar refractivity (Wildman–Crippen MR) is 138 cm³/mol. The van der Waals surface area contributed by atoms with E-state index in [9.17, 15) is 18.4 Å². The molecule has 2 N–H and O–H groups in total. The van der Waals surface area contributed by atoms with Crippen molar-refractivity contribution in [3.05, 3.63) is 60.4 Å². The quantitative estimate of drug-likeness (QED) is 0.131. The maximum absolute atomic E-state index is 13.0. The summed E-state index contributed by atoms with van der Waals surface area (Å²) >= 11 is 0. The number of ether oxygens (including phenoxy) is 3. The Balaban J connectivity index is 1.58. The first-order valence-electron chi connectivity index (χ1n) is 12.1. The third kappa shape index (κ3) is 7.79. The summed E-state index contributed by atoms with van der Waals surface area (Å²) in [7, 11) is -2.35. The standard InChI is InChI=1S/C27H35F2NO5Si/c1-18(34-22-12-9-20(10-13-22)19-7-8-19)25(31)30-21-11-14-23(24(17-21)35-26(28)29)33-16-6-15-27(2,3)36(4,5)32/h9-14,17,19,26,32H,1,6-8,15-16H2,2-5H3,(H,30,31). The van der Waals surface area contributed by atoms with Crippen LogP contribution >= 0.6 is 0 Å². The van der Waals surface area contributed by atoms with Crippen molar-refractivity contribution in [2.45, 2.75) is 70.2 Å². The van der Waals surface area contributed by atoms with Crippen molar-refractivity contribution in [2.75, 3.05) is 11.9 Å². The summed E-state index contributed by atoms with van der Waals surface area (Å²) in [6.07, 6.45) is 3.75. The van der Waals surface area contributed by atoms with Gasteiger partial charge in [0.1, 0.15) is 5.75 Å². The topological polar surface area (TPSA) is 77.0 Å². The van der Waals surface area contributed by atoms with Crippen LogP contribution in [0.1, 0.15) is 51.0 Å². The molecule has 1 saturated carbocycles. The molecule has 1 fully saturated rings. The van der Waals surface area contributed by atoms with Gasteiger partial charge in [0.05, 0.1) is 6.61 Å². The van der Waals surface area contributed by atoms with Gasteiger partial charge in [-0.1, -0.05) is 32.6 Å². The van der Waals surface area contributed by atoms with Gasteiger partial charge in [-0.15, -0.1) is 0 Å². The summed E-state index contributed by atoms with van der Waals surface area (Å²) < 4.78 is 41.8. The number of carbonyl (C=O) groups excluding carboxylic acids is 1. The SMILES string of the molecule is C=C(Oc1ccc(C2CC2)cc1)C(=O)Nc1ccc(OCCCC(C)(C)[Si](C)(C)O)c(OC(F)F)c1. The van der Waals surface area contributed by atoms with Crippen LogP contribution in [0.25, 0.3) is 0 Å².